The molecule has 0 fully saturated rings. The molecule has 0 aromatic heterocycles. The van der Waals surface area contributed by atoms with Gasteiger partial charge in [0.15, 0.2) is 0 Å². The van der Waals surface area contributed by atoms with Crippen LogP contribution in [0.3, 0.4) is 0 Å². The van der Waals surface area contributed by atoms with Crippen molar-refractivity contribution in [3.63, 3.8) is 0 Å². The van der Waals surface area contributed by atoms with Crippen LogP contribution in [0.25, 0.3) is 89.0 Å². The van der Waals surface area contributed by atoms with Crippen molar-refractivity contribution < 1.29 is 71.5 Å². The standard InChI is InChI=1S/4C22H22Cl.2C2H6Si.2ClH.2Zr/c4*1-5-15-12-16-8-6-7-9-18(19(16)13-15)17-10-11-20(21(23)14-17)22(2,3)4;2*1-3-2;;;;/h4*6-11,13-14H,5H2,1-4H3;2*1-2H3;2*1H;;/q4*-1;;;;;2*+2/p-2. The fourth-order valence-corrected chi connectivity index (χ4v) is 13.9. The molecular weight excluding hydrogens is 1560 g/mol. The van der Waals surface area contributed by atoms with Crippen LogP contribution in [0.2, 0.25) is 46.3 Å². The van der Waals surface area contributed by atoms with E-state index in [1.807, 2.05) is 0 Å². The van der Waals surface area contributed by atoms with E-state index in [2.05, 4.69) is 355 Å². The molecule has 0 radical (unpaired) electrons. The van der Waals surface area contributed by atoms with E-state index in [-0.39, 0.29) is 57.3 Å². The molecule has 0 N–H and O–H groups in total. The van der Waals surface area contributed by atoms with Crippen molar-refractivity contribution in [3.05, 3.63) is 283 Å². The summed E-state index contributed by atoms with van der Waals surface area (Å²) >= 11 is 29.8. The summed E-state index contributed by atoms with van der Waals surface area (Å²) in [5.74, 6) is 0. The van der Waals surface area contributed by atoms with Crippen LogP contribution in [0.15, 0.2) is 194 Å². The molecule has 0 spiro atoms. The van der Waals surface area contributed by atoms with E-state index in [1.54, 1.807) is 46.7 Å². The van der Waals surface area contributed by atoms with E-state index in [1.165, 1.54) is 89.0 Å². The fraction of sp³-hybridized carbons (Fsp3) is 0.304. The van der Waals surface area contributed by atoms with Crippen LogP contribution in [0.1, 0.15) is 155 Å². The molecule has 0 unspecified atom stereocenters. The number of rotatable bonds is 8. The van der Waals surface area contributed by atoms with Crippen molar-refractivity contribution in [2.24, 2.45) is 0 Å². The van der Waals surface area contributed by atoms with Crippen molar-refractivity contribution >= 4 is 57.3 Å². The third-order valence-corrected chi connectivity index (χ3v) is 18.5. The average Bonchev–Trinajstić information content (AvgIpc) is 1.51. The molecule has 8 aliphatic rings. The summed E-state index contributed by atoms with van der Waals surface area (Å²) < 4.78 is 0. The van der Waals surface area contributed by atoms with Crippen LogP contribution in [0.5, 0.6) is 0 Å². The molecule has 0 atom stereocenters. The molecule has 0 saturated heterocycles. The number of hydrogen-bond donors (Lipinski definition) is 0. The quantitative estimate of drug-likeness (QED) is 0.105. The zero-order valence-electron chi connectivity index (χ0n) is 63.6. The Morgan fingerprint density at radius 2 is 0.441 bits per heavy atom. The van der Waals surface area contributed by atoms with Crippen LogP contribution in [0.4, 0.5) is 0 Å². The predicted molar refractivity (Wildman–Crippen MR) is 437 cm³/mol. The summed E-state index contributed by atoms with van der Waals surface area (Å²) in [5.41, 5.74) is 29.5. The average molecular weight is 1660 g/mol. The Bertz CT molecular complexity index is 4030. The van der Waals surface area contributed by atoms with Crippen LogP contribution in [-0.2, 0) is 94.0 Å². The second-order valence-corrected chi connectivity index (χ2v) is 50.6. The van der Waals surface area contributed by atoms with Gasteiger partial charge in [-0.2, -0.15) is 46.5 Å². The van der Waals surface area contributed by atoms with Gasteiger partial charge in [0.2, 0.25) is 0 Å². The Morgan fingerprint density at radius 3 is 0.588 bits per heavy atom. The summed E-state index contributed by atoms with van der Waals surface area (Å²) in [6.07, 6.45) is 4.01. The fourth-order valence-electron chi connectivity index (χ4n) is 12.0. The Labute approximate surface area is 677 Å². The van der Waals surface area contributed by atoms with E-state index >= 15 is 0 Å². The van der Waals surface area contributed by atoms with Crippen LogP contribution >= 0.6 is 46.4 Å². The van der Waals surface area contributed by atoms with Gasteiger partial charge in [0.1, 0.15) is 0 Å². The zero-order chi connectivity index (χ0) is 73.6. The van der Waals surface area contributed by atoms with Crippen molar-refractivity contribution in [2.45, 2.75) is 184 Å². The predicted octanol–water partition coefficient (Wildman–Crippen LogP) is 22.7. The first-order valence-electron chi connectivity index (χ1n) is 35.1. The number of benzene rings is 4. The molecule has 0 amide bonds. The first kappa shape index (κ1) is 88.2. The Balaban J connectivity index is 0.000000234. The van der Waals surface area contributed by atoms with Gasteiger partial charge in [0.05, 0.1) is 0 Å². The minimum Gasteiger partial charge on any atom is -1.00 e. The molecule has 0 aliphatic heterocycles. The van der Waals surface area contributed by atoms with Gasteiger partial charge in [-0.15, -0.1) is 117 Å². The molecular formula is C92H100Cl6Si2Zr2-2. The van der Waals surface area contributed by atoms with Crippen molar-refractivity contribution in [2.75, 3.05) is 0 Å². The summed E-state index contributed by atoms with van der Waals surface area (Å²) in [6.45, 7) is 44.2. The van der Waals surface area contributed by atoms with Gasteiger partial charge >= 0.3 is 83.7 Å². The SMILES string of the molecule is CCc1[c-]c2ccccc(-c3ccc(C(C)(C)C)c(Cl)c3)c-2c1.CCc1[c-]c2ccccc(-c3ccc(C(C)(C)C)c(Cl)c3)c-2c1.CCc1[c-]c2ccccc(-c3ccc(C(C)(C)C)c(Cl)c3)c-2c1.CCc1[c-]c2ccccc(-c3ccc(C(C)(C)C)c(Cl)c3)c-2c1.C[Si](C)=[Zr+2].C[Si](C)=[Zr+2].[Cl-].[Cl-]. The maximum Gasteiger partial charge on any atom is -1.00 e. The molecule has 0 nitrogen and oxygen atoms in total. The second kappa shape index (κ2) is 39.5. The minimum atomic E-state index is 0. The van der Waals surface area contributed by atoms with Crippen LogP contribution in [-0.4, -0.2) is 10.9 Å². The number of aryl methyl sites for hydroxylation is 4. The molecule has 8 aliphatic carbocycles. The van der Waals surface area contributed by atoms with Crippen molar-refractivity contribution in [1.29, 1.82) is 0 Å². The van der Waals surface area contributed by atoms with E-state index < -0.39 is 0 Å². The van der Waals surface area contributed by atoms with Crippen LogP contribution < -0.4 is 24.8 Å². The van der Waals surface area contributed by atoms with Gasteiger partial charge in [-0.05, 0) is 116 Å². The van der Waals surface area contributed by atoms with Gasteiger partial charge in [-0.1, -0.05) is 276 Å². The van der Waals surface area contributed by atoms with Gasteiger partial charge in [-0.3, -0.25) is 0 Å². The summed E-state index contributed by atoms with van der Waals surface area (Å²) in [4.78, 5) is 0. The van der Waals surface area contributed by atoms with Gasteiger partial charge in [0, 0.05) is 20.1 Å². The number of halogens is 6. The number of fused-ring (bicyclic) bond motifs is 4. The third-order valence-electron chi connectivity index (χ3n) is 17.2. The molecule has 4 aromatic carbocycles. The Morgan fingerprint density at radius 1 is 0.275 bits per heavy atom. The normalized spacial score (nSPS) is 11.3. The maximum atomic E-state index is 6.57. The molecule has 0 saturated carbocycles. The monoisotopic (exact) mass is 1650 g/mol. The van der Waals surface area contributed by atoms with Crippen molar-refractivity contribution in [1.82, 2.24) is 0 Å². The summed E-state index contributed by atoms with van der Waals surface area (Å²) in [5, 5.41) is 3.34. The van der Waals surface area contributed by atoms with Gasteiger partial charge in [-0.25, -0.2) is 0 Å². The molecule has 10 heteroatoms. The largest absolute Gasteiger partial charge is 1.00 e. The van der Waals surface area contributed by atoms with Crippen molar-refractivity contribution in [3.8, 4) is 89.0 Å². The Kier molecular flexibility index (Phi) is 34.1. The van der Waals surface area contributed by atoms with Gasteiger partial charge < -0.3 is 24.8 Å². The Hall–Kier alpha value is -4.38. The molecule has 0 bridgehead atoms. The third kappa shape index (κ3) is 24.3. The zero-order valence-corrected chi connectivity index (χ0v) is 75.0. The maximum absolute atomic E-state index is 6.57. The van der Waals surface area contributed by atoms with E-state index in [0.717, 1.165) is 90.3 Å². The summed E-state index contributed by atoms with van der Waals surface area (Å²) in [7, 11) is 0. The topological polar surface area (TPSA) is 0 Å². The van der Waals surface area contributed by atoms with E-state index in [9.17, 15) is 0 Å². The van der Waals surface area contributed by atoms with Gasteiger partial charge in [0.25, 0.3) is 0 Å². The molecule has 12 rings (SSSR count). The molecule has 0 heterocycles. The minimum absolute atomic E-state index is 0. The first-order chi connectivity index (χ1) is 47.1. The van der Waals surface area contributed by atoms with E-state index in [4.69, 9.17) is 46.4 Å². The number of hydrogen-bond acceptors (Lipinski definition) is 0. The summed E-state index contributed by atoms with van der Waals surface area (Å²) in [6, 6.07) is 82.5. The first-order valence-corrected chi connectivity index (χ1v) is 49.0. The van der Waals surface area contributed by atoms with E-state index in [0.29, 0.717) is 0 Å². The molecule has 4 aromatic rings. The molecule has 102 heavy (non-hydrogen) atoms. The smallest absolute Gasteiger partial charge is 1.00 e. The van der Waals surface area contributed by atoms with Crippen LogP contribution in [0, 0.1) is 24.3 Å². The second-order valence-electron chi connectivity index (χ2n) is 30.2. The molecule has 528 valence electrons.